The van der Waals surface area contributed by atoms with E-state index < -0.39 is 0 Å². The maximum absolute atomic E-state index is 5.07. The Hall–Kier alpha value is -1.13. The average Bonchev–Trinajstić information content (AvgIpc) is 2.65. The highest BCUT2D eigenvalue weighted by Gasteiger charge is 2.05. The Morgan fingerprint density at radius 3 is 3.14 bits per heavy atom. The van der Waals surface area contributed by atoms with Crippen LogP contribution in [0.4, 0.5) is 5.69 Å². The molecular formula is C10H12N2OS. The molecule has 0 aliphatic carbocycles. The summed E-state index contributed by atoms with van der Waals surface area (Å²) in [6, 6.07) is 4.06. The monoisotopic (exact) mass is 208 g/mol. The van der Waals surface area contributed by atoms with Gasteiger partial charge < -0.3 is 10.1 Å². The molecule has 1 N–H and O–H groups in total. The summed E-state index contributed by atoms with van der Waals surface area (Å²) < 4.78 is 6.27. The Morgan fingerprint density at radius 2 is 2.43 bits per heavy atom. The molecular weight excluding hydrogens is 196 g/mol. The number of methoxy groups -OCH3 is 1. The minimum atomic E-state index is 0.556. The number of rotatable bonds is 3. The number of hydrogen-bond acceptors (Lipinski definition) is 4. The first-order valence-electron chi connectivity index (χ1n) is 4.39. The van der Waals surface area contributed by atoms with Gasteiger partial charge in [0, 0.05) is 14.2 Å². The van der Waals surface area contributed by atoms with Crippen molar-refractivity contribution in [2.45, 2.75) is 6.61 Å². The molecule has 2 aromatic rings. The van der Waals surface area contributed by atoms with Crippen LogP contribution in [0.3, 0.4) is 0 Å². The van der Waals surface area contributed by atoms with E-state index in [0.29, 0.717) is 6.61 Å². The van der Waals surface area contributed by atoms with Crippen molar-refractivity contribution in [3.8, 4) is 0 Å². The molecule has 0 unspecified atom stereocenters. The highest BCUT2D eigenvalue weighted by molar-refractivity contribution is 7.17. The van der Waals surface area contributed by atoms with Gasteiger partial charge in [0.1, 0.15) is 0 Å². The summed E-state index contributed by atoms with van der Waals surface area (Å²) in [5, 5.41) is 5.22. The lowest BCUT2D eigenvalue weighted by atomic mass is 10.3. The molecule has 2 rings (SSSR count). The van der Waals surface area contributed by atoms with E-state index >= 15 is 0 Å². The summed E-state index contributed by atoms with van der Waals surface area (Å²) in [7, 11) is 3.60. The molecule has 0 fully saturated rings. The molecule has 0 aliphatic heterocycles. The molecule has 0 amide bonds. The minimum absolute atomic E-state index is 0.556. The summed E-state index contributed by atoms with van der Waals surface area (Å²) in [5.74, 6) is 0. The summed E-state index contributed by atoms with van der Waals surface area (Å²) in [4.78, 5) is 4.48. The van der Waals surface area contributed by atoms with E-state index in [0.717, 1.165) is 16.9 Å². The van der Waals surface area contributed by atoms with Crippen LogP contribution in [-0.4, -0.2) is 19.1 Å². The van der Waals surface area contributed by atoms with Gasteiger partial charge in [0.2, 0.25) is 0 Å². The number of pyridine rings is 1. The molecule has 0 saturated carbocycles. The smallest absolute Gasteiger partial charge is 0.0885 e. The second kappa shape index (κ2) is 3.94. The lowest BCUT2D eigenvalue weighted by molar-refractivity contribution is 0.182. The van der Waals surface area contributed by atoms with Crippen LogP contribution in [0.5, 0.6) is 0 Å². The molecule has 0 spiro atoms. The number of fused-ring (bicyclic) bond motifs is 1. The zero-order valence-corrected chi connectivity index (χ0v) is 9.02. The second-order valence-electron chi connectivity index (χ2n) is 2.98. The Labute approximate surface area is 86.7 Å². The summed E-state index contributed by atoms with van der Waals surface area (Å²) in [5.41, 5.74) is 3.12. The summed E-state index contributed by atoms with van der Waals surface area (Å²) in [6.07, 6.45) is 0. The fourth-order valence-corrected chi connectivity index (χ4v) is 2.27. The normalized spacial score (nSPS) is 10.7. The van der Waals surface area contributed by atoms with E-state index in [-0.39, 0.29) is 0 Å². The first-order valence-corrected chi connectivity index (χ1v) is 5.27. The second-order valence-corrected chi connectivity index (χ2v) is 3.90. The molecule has 0 bridgehead atoms. The molecule has 14 heavy (non-hydrogen) atoms. The first kappa shape index (κ1) is 9.43. The van der Waals surface area contributed by atoms with Crippen molar-refractivity contribution in [3.63, 3.8) is 0 Å². The number of nitrogens with zero attached hydrogens (tertiary/aromatic N) is 1. The average molecular weight is 208 g/mol. The van der Waals surface area contributed by atoms with Crippen LogP contribution >= 0.6 is 11.3 Å². The SMILES string of the molecule is CNc1cc(COC)nc2ccsc12. The molecule has 0 saturated heterocycles. The molecule has 2 aromatic heterocycles. The van der Waals surface area contributed by atoms with Gasteiger partial charge in [0.25, 0.3) is 0 Å². The molecule has 0 atom stereocenters. The van der Waals surface area contributed by atoms with Gasteiger partial charge in [-0.3, -0.25) is 0 Å². The highest BCUT2D eigenvalue weighted by Crippen LogP contribution is 2.27. The number of nitrogens with one attached hydrogen (secondary N) is 1. The van der Waals surface area contributed by atoms with Gasteiger partial charge in [-0.2, -0.15) is 0 Å². The van der Waals surface area contributed by atoms with Crippen molar-refractivity contribution in [2.24, 2.45) is 0 Å². The first-order chi connectivity index (χ1) is 6.85. The van der Waals surface area contributed by atoms with Crippen molar-refractivity contribution < 1.29 is 4.74 Å². The van der Waals surface area contributed by atoms with Gasteiger partial charge >= 0.3 is 0 Å². The van der Waals surface area contributed by atoms with Gasteiger partial charge in [-0.15, -0.1) is 11.3 Å². The van der Waals surface area contributed by atoms with Crippen LogP contribution in [0, 0.1) is 0 Å². The Bertz CT molecular complexity index is 439. The predicted molar refractivity (Wildman–Crippen MR) is 59.9 cm³/mol. The number of hydrogen-bond donors (Lipinski definition) is 1. The van der Waals surface area contributed by atoms with Gasteiger partial charge in [0.05, 0.1) is 28.2 Å². The minimum Gasteiger partial charge on any atom is -0.387 e. The zero-order chi connectivity index (χ0) is 9.97. The number of anilines is 1. The fraction of sp³-hybridized carbons (Fsp3) is 0.300. The van der Waals surface area contributed by atoms with Gasteiger partial charge in [-0.1, -0.05) is 0 Å². The molecule has 74 valence electrons. The highest BCUT2D eigenvalue weighted by atomic mass is 32.1. The third-order valence-electron chi connectivity index (χ3n) is 2.03. The van der Waals surface area contributed by atoms with Gasteiger partial charge in [0.15, 0.2) is 0 Å². The van der Waals surface area contributed by atoms with Crippen LogP contribution in [0.25, 0.3) is 10.2 Å². The van der Waals surface area contributed by atoms with Crippen molar-refractivity contribution >= 4 is 27.2 Å². The van der Waals surface area contributed by atoms with E-state index in [4.69, 9.17) is 4.74 Å². The van der Waals surface area contributed by atoms with E-state index in [2.05, 4.69) is 15.7 Å². The van der Waals surface area contributed by atoms with E-state index in [1.807, 2.05) is 19.2 Å². The molecule has 0 radical (unpaired) electrons. The van der Waals surface area contributed by atoms with E-state index in [1.54, 1.807) is 18.4 Å². The third-order valence-corrected chi connectivity index (χ3v) is 2.96. The Kier molecular flexibility index (Phi) is 2.65. The van der Waals surface area contributed by atoms with E-state index in [9.17, 15) is 0 Å². The van der Waals surface area contributed by atoms with E-state index in [1.165, 1.54) is 4.70 Å². The van der Waals surface area contributed by atoms with Gasteiger partial charge in [-0.25, -0.2) is 4.98 Å². The number of ether oxygens (including phenoxy) is 1. The molecule has 0 aromatic carbocycles. The molecule has 4 heteroatoms. The standard InChI is InChI=1S/C10H12N2OS/c1-11-9-5-7(6-13-2)12-8-3-4-14-10(8)9/h3-5H,6H2,1-2H3,(H,11,12). The van der Waals surface area contributed by atoms with Crippen LogP contribution < -0.4 is 5.32 Å². The van der Waals surface area contributed by atoms with Crippen LogP contribution in [-0.2, 0) is 11.3 Å². The maximum Gasteiger partial charge on any atom is 0.0885 e. The lowest BCUT2D eigenvalue weighted by Gasteiger charge is -2.05. The van der Waals surface area contributed by atoms with Crippen molar-refractivity contribution in [3.05, 3.63) is 23.2 Å². The largest absolute Gasteiger partial charge is 0.387 e. The van der Waals surface area contributed by atoms with Crippen molar-refractivity contribution in [1.29, 1.82) is 0 Å². The van der Waals surface area contributed by atoms with Crippen molar-refractivity contribution in [2.75, 3.05) is 19.5 Å². The van der Waals surface area contributed by atoms with Crippen LogP contribution in [0.15, 0.2) is 17.5 Å². The quantitative estimate of drug-likeness (QED) is 0.841. The molecule has 3 nitrogen and oxygen atoms in total. The number of thiophene rings is 1. The zero-order valence-electron chi connectivity index (χ0n) is 8.20. The topological polar surface area (TPSA) is 34.1 Å². The predicted octanol–water partition coefficient (Wildman–Crippen LogP) is 2.48. The number of aromatic nitrogens is 1. The van der Waals surface area contributed by atoms with Gasteiger partial charge in [-0.05, 0) is 17.5 Å². The van der Waals surface area contributed by atoms with Crippen molar-refractivity contribution in [1.82, 2.24) is 4.98 Å². The maximum atomic E-state index is 5.07. The fourth-order valence-electron chi connectivity index (χ4n) is 1.42. The summed E-state index contributed by atoms with van der Waals surface area (Å²) in [6.45, 7) is 0.556. The van der Waals surface area contributed by atoms with Crippen LogP contribution in [0.1, 0.15) is 5.69 Å². The lowest BCUT2D eigenvalue weighted by Crippen LogP contribution is -1.95. The molecule has 0 aliphatic rings. The molecule has 2 heterocycles. The Morgan fingerprint density at radius 1 is 1.57 bits per heavy atom. The summed E-state index contributed by atoms with van der Waals surface area (Å²) >= 11 is 1.70. The Balaban J connectivity index is 2.55. The van der Waals surface area contributed by atoms with Crippen LogP contribution in [0.2, 0.25) is 0 Å². The third kappa shape index (κ3) is 1.58.